The maximum absolute atomic E-state index is 12.6. The second-order valence-electron chi connectivity index (χ2n) is 4.99. The number of aliphatic hydroxyl groups excluding tert-OH is 1. The molecule has 1 N–H and O–H groups in total. The Morgan fingerprint density at radius 2 is 1.86 bits per heavy atom. The summed E-state index contributed by atoms with van der Waals surface area (Å²) in [4.78, 5) is 28.0. The minimum atomic E-state index is -0.350. The minimum Gasteiger partial charge on any atom is -0.395 e. The fourth-order valence-corrected chi connectivity index (χ4v) is 2.43. The van der Waals surface area contributed by atoms with Crippen LogP contribution in [0.4, 0.5) is 0 Å². The summed E-state index contributed by atoms with van der Waals surface area (Å²) in [7, 11) is 3.22. The zero-order chi connectivity index (χ0) is 16.1. The highest BCUT2D eigenvalue weighted by molar-refractivity contribution is 6.35. The van der Waals surface area contributed by atoms with E-state index >= 15 is 0 Å². The molecule has 0 radical (unpaired) electrons. The Morgan fingerprint density at radius 3 is 2.45 bits per heavy atom. The summed E-state index contributed by atoms with van der Waals surface area (Å²) in [5.74, 6) is -0.676. The van der Waals surface area contributed by atoms with Gasteiger partial charge in [0, 0.05) is 20.7 Å². The van der Waals surface area contributed by atoms with Gasteiger partial charge in [0.15, 0.2) is 0 Å². The number of rotatable bonds is 7. The summed E-state index contributed by atoms with van der Waals surface area (Å²) in [6.07, 6.45) is 0. The number of carbonyl (C=O) groups is 2. The third-order valence-corrected chi connectivity index (χ3v) is 3.54. The highest BCUT2D eigenvalue weighted by Gasteiger charge is 2.40. The third kappa shape index (κ3) is 3.03. The van der Waals surface area contributed by atoms with Crippen LogP contribution in [0.15, 0.2) is 36.0 Å². The number of amides is 2. The molecule has 1 aliphatic heterocycles. The first-order valence-electron chi connectivity index (χ1n) is 7.08. The molecule has 1 aromatic carbocycles. The molecule has 0 spiro atoms. The van der Waals surface area contributed by atoms with Crippen molar-refractivity contribution in [3.05, 3.63) is 41.6 Å². The van der Waals surface area contributed by atoms with Crippen molar-refractivity contribution >= 4 is 17.4 Å². The Morgan fingerprint density at radius 1 is 1.18 bits per heavy atom. The third-order valence-electron chi connectivity index (χ3n) is 3.54. The summed E-state index contributed by atoms with van der Waals surface area (Å²) in [6.45, 7) is 0.682. The Balaban J connectivity index is 2.44. The average Bonchev–Trinajstić information content (AvgIpc) is 2.77. The van der Waals surface area contributed by atoms with Gasteiger partial charge in [-0.05, 0) is 5.56 Å². The quantitative estimate of drug-likeness (QED) is 0.736. The van der Waals surface area contributed by atoms with Crippen LogP contribution in [0.25, 0.3) is 5.57 Å². The van der Waals surface area contributed by atoms with Crippen LogP contribution in [-0.2, 0) is 14.3 Å². The van der Waals surface area contributed by atoms with Gasteiger partial charge >= 0.3 is 0 Å². The molecule has 1 aromatic rings. The van der Waals surface area contributed by atoms with E-state index in [0.717, 1.165) is 0 Å². The number of likely N-dealkylation sites (N-methyl/N-ethyl adjacent to an activating group) is 1. The van der Waals surface area contributed by atoms with Gasteiger partial charge in [0.1, 0.15) is 5.70 Å². The molecule has 1 aliphatic rings. The zero-order valence-electron chi connectivity index (χ0n) is 12.8. The van der Waals surface area contributed by atoms with Crippen molar-refractivity contribution in [1.29, 1.82) is 0 Å². The predicted octanol–water partition coefficient (Wildman–Crippen LogP) is 0.337. The Bertz CT molecular complexity index is 583. The van der Waals surface area contributed by atoms with Crippen molar-refractivity contribution in [2.24, 2.45) is 0 Å². The number of benzene rings is 1. The number of hydrogen-bond acceptors (Lipinski definition) is 5. The molecule has 22 heavy (non-hydrogen) atoms. The molecule has 6 heteroatoms. The van der Waals surface area contributed by atoms with Crippen LogP contribution in [0.2, 0.25) is 0 Å². The molecule has 0 bridgehead atoms. The van der Waals surface area contributed by atoms with Gasteiger partial charge in [-0.3, -0.25) is 14.5 Å². The van der Waals surface area contributed by atoms with Gasteiger partial charge in [-0.2, -0.15) is 0 Å². The first-order chi connectivity index (χ1) is 10.6. The SMILES string of the molecule is COCCN1C(=O)C(c2ccccc2)=C(N(C)CCO)C1=O. The van der Waals surface area contributed by atoms with Gasteiger partial charge in [-0.25, -0.2) is 0 Å². The van der Waals surface area contributed by atoms with Crippen LogP contribution in [0.5, 0.6) is 0 Å². The molecule has 0 aromatic heterocycles. The van der Waals surface area contributed by atoms with Crippen molar-refractivity contribution in [2.75, 3.05) is 40.5 Å². The Labute approximate surface area is 129 Å². The van der Waals surface area contributed by atoms with Crippen molar-refractivity contribution in [1.82, 2.24) is 9.80 Å². The van der Waals surface area contributed by atoms with E-state index in [0.29, 0.717) is 16.8 Å². The van der Waals surface area contributed by atoms with Crippen LogP contribution in [0.3, 0.4) is 0 Å². The predicted molar refractivity (Wildman–Crippen MR) is 81.7 cm³/mol. The number of methoxy groups -OCH3 is 1. The summed E-state index contributed by atoms with van der Waals surface area (Å²) in [5, 5.41) is 9.12. The van der Waals surface area contributed by atoms with E-state index in [2.05, 4.69) is 0 Å². The summed E-state index contributed by atoms with van der Waals surface area (Å²) < 4.78 is 4.97. The lowest BCUT2D eigenvalue weighted by Gasteiger charge is -2.20. The van der Waals surface area contributed by atoms with Crippen molar-refractivity contribution in [2.45, 2.75) is 0 Å². The van der Waals surface area contributed by atoms with Gasteiger partial charge in [-0.1, -0.05) is 30.3 Å². The number of imide groups is 1. The van der Waals surface area contributed by atoms with Gasteiger partial charge in [0.05, 0.1) is 25.3 Å². The number of carbonyl (C=O) groups excluding carboxylic acids is 2. The van der Waals surface area contributed by atoms with Gasteiger partial charge in [0.2, 0.25) is 0 Å². The second kappa shape index (κ2) is 7.20. The van der Waals surface area contributed by atoms with Gasteiger partial charge in [0.25, 0.3) is 11.8 Å². The topological polar surface area (TPSA) is 70.1 Å². The lowest BCUT2D eigenvalue weighted by Crippen LogP contribution is -2.37. The Hall–Kier alpha value is -2.18. The van der Waals surface area contributed by atoms with Crippen LogP contribution < -0.4 is 0 Å². The van der Waals surface area contributed by atoms with E-state index in [1.807, 2.05) is 18.2 Å². The van der Waals surface area contributed by atoms with E-state index in [1.54, 1.807) is 24.1 Å². The van der Waals surface area contributed by atoms with Crippen LogP contribution in [-0.4, -0.2) is 67.2 Å². The molecular weight excluding hydrogens is 284 g/mol. The van der Waals surface area contributed by atoms with E-state index in [9.17, 15) is 9.59 Å². The number of hydrogen-bond donors (Lipinski definition) is 1. The molecule has 6 nitrogen and oxygen atoms in total. The molecule has 0 atom stereocenters. The fraction of sp³-hybridized carbons (Fsp3) is 0.375. The van der Waals surface area contributed by atoms with E-state index < -0.39 is 0 Å². The fourth-order valence-electron chi connectivity index (χ4n) is 2.43. The molecular formula is C16H20N2O4. The molecule has 1 heterocycles. The number of ether oxygens (including phenoxy) is 1. The lowest BCUT2D eigenvalue weighted by molar-refractivity contribution is -0.138. The smallest absolute Gasteiger partial charge is 0.277 e. The van der Waals surface area contributed by atoms with Gasteiger partial charge < -0.3 is 14.7 Å². The lowest BCUT2D eigenvalue weighted by atomic mass is 10.0. The molecule has 0 unspecified atom stereocenters. The summed E-state index contributed by atoms with van der Waals surface area (Å²) in [6, 6.07) is 9.09. The largest absolute Gasteiger partial charge is 0.395 e. The van der Waals surface area contributed by atoms with E-state index in [4.69, 9.17) is 9.84 Å². The first-order valence-corrected chi connectivity index (χ1v) is 7.08. The van der Waals surface area contributed by atoms with Crippen molar-refractivity contribution in [3.63, 3.8) is 0 Å². The van der Waals surface area contributed by atoms with E-state index in [-0.39, 0.29) is 38.1 Å². The first kappa shape index (κ1) is 16.2. The van der Waals surface area contributed by atoms with Gasteiger partial charge in [-0.15, -0.1) is 0 Å². The van der Waals surface area contributed by atoms with E-state index in [1.165, 1.54) is 12.0 Å². The maximum atomic E-state index is 12.6. The average molecular weight is 304 g/mol. The summed E-state index contributed by atoms with van der Waals surface area (Å²) >= 11 is 0. The molecule has 0 saturated heterocycles. The second-order valence-corrected chi connectivity index (χ2v) is 4.99. The molecule has 2 rings (SSSR count). The highest BCUT2D eigenvalue weighted by atomic mass is 16.5. The minimum absolute atomic E-state index is 0.0956. The highest BCUT2D eigenvalue weighted by Crippen LogP contribution is 2.30. The Kier molecular flexibility index (Phi) is 5.30. The standard InChI is InChI=1S/C16H20N2O4/c1-17(8-10-19)14-13(12-6-4-3-5-7-12)15(20)18(16(14)21)9-11-22-2/h3-7,19H,8-11H2,1-2H3. The molecule has 0 fully saturated rings. The van der Waals surface area contributed by atoms with Crippen molar-refractivity contribution in [3.8, 4) is 0 Å². The number of nitrogens with zero attached hydrogens (tertiary/aromatic N) is 2. The van der Waals surface area contributed by atoms with Crippen LogP contribution >= 0.6 is 0 Å². The maximum Gasteiger partial charge on any atom is 0.277 e. The normalized spacial score (nSPS) is 15.0. The van der Waals surface area contributed by atoms with Crippen LogP contribution in [0.1, 0.15) is 5.56 Å². The zero-order valence-corrected chi connectivity index (χ0v) is 12.8. The molecule has 0 aliphatic carbocycles. The van der Waals surface area contributed by atoms with Crippen LogP contribution in [0, 0.1) is 0 Å². The summed E-state index contributed by atoms with van der Waals surface area (Å²) in [5.41, 5.74) is 1.39. The molecule has 2 amide bonds. The molecule has 118 valence electrons. The monoisotopic (exact) mass is 304 g/mol. The molecule has 0 saturated carbocycles. The number of aliphatic hydroxyl groups is 1. The van der Waals surface area contributed by atoms with Crippen molar-refractivity contribution < 1.29 is 19.4 Å².